The molecule has 0 spiro atoms. The van der Waals surface area contributed by atoms with Crippen LogP contribution in [0.15, 0.2) is 36.5 Å². The Morgan fingerprint density at radius 3 is 2.23 bits per heavy atom. The van der Waals surface area contributed by atoms with Crippen molar-refractivity contribution >= 4 is 23.2 Å². The fourth-order valence-corrected chi connectivity index (χ4v) is 2.78. The second-order valence-corrected chi connectivity index (χ2v) is 5.95. The lowest BCUT2D eigenvalue weighted by Gasteiger charge is -2.35. The molecule has 1 aromatic carbocycles. The number of para-hydroxylation sites is 1. The third-order valence-corrected chi connectivity index (χ3v) is 4.27. The number of carbonyl (C=O) groups excluding carboxylic acids is 2. The zero-order valence-corrected chi connectivity index (χ0v) is 14.2. The van der Waals surface area contributed by atoms with Gasteiger partial charge in [0.1, 0.15) is 23.0 Å². The smallest absolute Gasteiger partial charge is 0.274 e. The Kier molecular flexibility index (Phi) is 5.11. The van der Waals surface area contributed by atoms with E-state index in [0.717, 1.165) is 17.8 Å². The van der Waals surface area contributed by atoms with Crippen molar-refractivity contribution in [3.63, 3.8) is 0 Å². The van der Waals surface area contributed by atoms with Crippen LogP contribution >= 0.6 is 0 Å². The number of halogens is 2. The first kappa shape index (κ1) is 17.8. The van der Waals surface area contributed by atoms with Crippen LogP contribution in [0.2, 0.25) is 0 Å². The number of aromatic nitrogens is 1. The molecular formula is C18H18F2N4O2. The molecular weight excluding hydrogens is 342 g/mol. The zero-order valence-electron chi connectivity index (χ0n) is 14.2. The predicted molar refractivity (Wildman–Crippen MR) is 93.0 cm³/mol. The number of anilines is 2. The molecule has 136 valence electrons. The third kappa shape index (κ3) is 3.79. The van der Waals surface area contributed by atoms with Gasteiger partial charge < -0.3 is 15.1 Å². The number of rotatable bonds is 3. The number of nitrogens with one attached hydrogen (secondary N) is 1. The van der Waals surface area contributed by atoms with Gasteiger partial charge in [-0.1, -0.05) is 6.07 Å². The molecule has 1 saturated heterocycles. The molecule has 0 atom stereocenters. The maximum absolute atomic E-state index is 13.6. The molecule has 0 saturated carbocycles. The van der Waals surface area contributed by atoms with Crippen molar-refractivity contribution in [1.29, 1.82) is 0 Å². The molecule has 1 fully saturated rings. The van der Waals surface area contributed by atoms with Crippen LogP contribution < -0.4 is 10.2 Å². The fourth-order valence-electron chi connectivity index (χ4n) is 2.78. The van der Waals surface area contributed by atoms with E-state index in [1.165, 1.54) is 18.3 Å². The first-order valence-corrected chi connectivity index (χ1v) is 8.17. The van der Waals surface area contributed by atoms with E-state index < -0.39 is 23.2 Å². The molecule has 1 aliphatic heterocycles. The molecule has 2 heterocycles. The van der Waals surface area contributed by atoms with E-state index in [-0.39, 0.29) is 11.6 Å². The van der Waals surface area contributed by atoms with Crippen molar-refractivity contribution in [2.24, 2.45) is 0 Å². The quantitative estimate of drug-likeness (QED) is 0.912. The maximum atomic E-state index is 13.6. The molecule has 2 aromatic rings. The summed E-state index contributed by atoms with van der Waals surface area (Å²) >= 11 is 0. The molecule has 1 aromatic heterocycles. The van der Waals surface area contributed by atoms with Gasteiger partial charge >= 0.3 is 0 Å². The lowest BCUT2D eigenvalue weighted by Crippen LogP contribution is -2.48. The Morgan fingerprint density at radius 2 is 1.69 bits per heavy atom. The normalized spacial score (nSPS) is 14.3. The van der Waals surface area contributed by atoms with E-state index in [1.807, 2.05) is 0 Å². The molecule has 0 bridgehead atoms. The molecule has 8 heteroatoms. The summed E-state index contributed by atoms with van der Waals surface area (Å²) in [6.07, 6.45) is 1.54. The molecule has 0 radical (unpaired) electrons. The number of benzene rings is 1. The molecule has 6 nitrogen and oxygen atoms in total. The van der Waals surface area contributed by atoms with E-state index in [2.05, 4.69) is 15.2 Å². The Hall–Kier alpha value is -3.03. The van der Waals surface area contributed by atoms with Crippen molar-refractivity contribution in [3.05, 3.63) is 53.9 Å². The Labute approximate surface area is 149 Å². The van der Waals surface area contributed by atoms with Gasteiger partial charge in [-0.3, -0.25) is 9.59 Å². The lowest BCUT2D eigenvalue weighted by molar-refractivity contribution is -0.129. The van der Waals surface area contributed by atoms with Gasteiger partial charge in [0.25, 0.3) is 5.91 Å². The van der Waals surface area contributed by atoms with Gasteiger partial charge in [-0.25, -0.2) is 13.8 Å². The minimum Gasteiger partial charge on any atom is -0.367 e. The van der Waals surface area contributed by atoms with Crippen LogP contribution in [0.1, 0.15) is 17.4 Å². The summed E-state index contributed by atoms with van der Waals surface area (Å²) in [5.74, 6) is -2.34. The molecule has 0 unspecified atom stereocenters. The van der Waals surface area contributed by atoms with E-state index in [4.69, 9.17) is 0 Å². The van der Waals surface area contributed by atoms with Crippen LogP contribution in [0.3, 0.4) is 0 Å². The van der Waals surface area contributed by atoms with Crippen molar-refractivity contribution in [3.8, 4) is 0 Å². The SMILES string of the molecule is CC(=O)N1CCN(c2ccc(C(=O)Nc3c(F)cccc3F)nc2)CC1. The first-order chi connectivity index (χ1) is 12.5. The van der Waals surface area contributed by atoms with Gasteiger partial charge in [-0.15, -0.1) is 0 Å². The molecule has 1 aliphatic rings. The van der Waals surface area contributed by atoms with Gasteiger partial charge in [0.2, 0.25) is 5.91 Å². The molecule has 2 amide bonds. The highest BCUT2D eigenvalue weighted by molar-refractivity contribution is 6.03. The summed E-state index contributed by atoms with van der Waals surface area (Å²) < 4.78 is 27.2. The predicted octanol–water partition coefficient (Wildman–Crippen LogP) is 2.28. The van der Waals surface area contributed by atoms with Crippen LogP contribution in [-0.4, -0.2) is 47.9 Å². The highest BCUT2D eigenvalue weighted by atomic mass is 19.1. The van der Waals surface area contributed by atoms with Crippen molar-refractivity contribution in [2.75, 3.05) is 36.4 Å². The monoisotopic (exact) mass is 360 g/mol. The molecule has 1 N–H and O–H groups in total. The maximum Gasteiger partial charge on any atom is 0.274 e. The van der Waals surface area contributed by atoms with E-state index in [0.29, 0.717) is 26.2 Å². The third-order valence-electron chi connectivity index (χ3n) is 4.27. The van der Waals surface area contributed by atoms with Crippen molar-refractivity contribution in [1.82, 2.24) is 9.88 Å². The number of carbonyl (C=O) groups is 2. The Balaban J connectivity index is 1.66. The second-order valence-electron chi connectivity index (χ2n) is 5.95. The number of piperazine rings is 1. The first-order valence-electron chi connectivity index (χ1n) is 8.17. The van der Waals surface area contributed by atoms with Crippen molar-refractivity contribution < 1.29 is 18.4 Å². The average Bonchev–Trinajstić information content (AvgIpc) is 2.65. The van der Waals surface area contributed by atoms with Crippen LogP contribution in [0.25, 0.3) is 0 Å². The summed E-state index contributed by atoms with van der Waals surface area (Å²) in [6.45, 7) is 4.15. The van der Waals surface area contributed by atoms with Crippen molar-refractivity contribution in [2.45, 2.75) is 6.92 Å². The number of pyridine rings is 1. The second kappa shape index (κ2) is 7.47. The number of hydrogen-bond acceptors (Lipinski definition) is 4. The summed E-state index contributed by atoms with van der Waals surface area (Å²) in [5.41, 5.74) is 0.379. The fraction of sp³-hybridized carbons (Fsp3) is 0.278. The van der Waals surface area contributed by atoms with Gasteiger partial charge in [-0.2, -0.15) is 0 Å². The zero-order chi connectivity index (χ0) is 18.7. The average molecular weight is 360 g/mol. The lowest BCUT2D eigenvalue weighted by atomic mass is 10.2. The van der Waals surface area contributed by atoms with Crippen LogP contribution in [0.5, 0.6) is 0 Å². The molecule has 0 aliphatic carbocycles. The minimum atomic E-state index is -0.849. The van der Waals surface area contributed by atoms with Gasteiger partial charge in [0.05, 0.1) is 11.9 Å². The van der Waals surface area contributed by atoms with Gasteiger partial charge in [0.15, 0.2) is 0 Å². The largest absolute Gasteiger partial charge is 0.367 e. The highest BCUT2D eigenvalue weighted by Crippen LogP contribution is 2.20. The van der Waals surface area contributed by atoms with E-state index in [1.54, 1.807) is 17.9 Å². The van der Waals surface area contributed by atoms with Gasteiger partial charge in [-0.05, 0) is 24.3 Å². The summed E-state index contributed by atoms with van der Waals surface area (Å²) in [5, 5.41) is 2.20. The van der Waals surface area contributed by atoms with Crippen LogP contribution in [0.4, 0.5) is 20.2 Å². The Bertz CT molecular complexity index is 798. The Morgan fingerprint density at radius 1 is 1.04 bits per heavy atom. The highest BCUT2D eigenvalue weighted by Gasteiger charge is 2.20. The molecule has 26 heavy (non-hydrogen) atoms. The summed E-state index contributed by atoms with van der Waals surface area (Å²) in [4.78, 5) is 31.4. The standard InChI is InChI=1S/C18H18F2N4O2/c1-12(25)23-7-9-24(10-8-23)13-5-6-16(21-11-13)18(26)22-17-14(19)3-2-4-15(17)20/h2-6,11H,7-10H2,1H3,(H,22,26). The topological polar surface area (TPSA) is 65.5 Å². The van der Waals surface area contributed by atoms with Crippen LogP contribution in [0, 0.1) is 11.6 Å². The number of nitrogens with zero attached hydrogens (tertiary/aromatic N) is 3. The minimum absolute atomic E-state index is 0.0511. The van der Waals surface area contributed by atoms with E-state index in [9.17, 15) is 18.4 Å². The number of amides is 2. The number of hydrogen-bond donors (Lipinski definition) is 1. The summed E-state index contributed by atoms with van der Waals surface area (Å²) in [6, 6.07) is 6.58. The van der Waals surface area contributed by atoms with Crippen LogP contribution in [-0.2, 0) is 4.79 Å². The van der Waals surface area contributed by atoms with E-state index >= 15 is 0 Å². The summed E-state index contributed by atoms with van der Waals surface area (Å²) in [7, 11) is 0. The molecule has 3 rings (SSSR count). The van der Waals surface area contributed by atoms with Gasteiger partial charge in [0, 0.05) is 33.1 Å².